The van der Waals surface area contributed by atoms with Crippen molar-refractivity contribution in [2.45, 2.75) is 13.1 Å². The molecule has 4 heteroatoms. The lowest BCUT2D eigenvalue weighted by molar-refractivity contribution is 0.764. The highest BCUT2D eigenvalue weighted by Gasteiger charge is 2.05. The molecule has 2 N–H and O–H groups in total. The molecule has 2 heterocycles. The second kappa shape index (κ2) is 4.31. The third kappa shape index (κ3) is 1.80. The zero-order valence-corrected chi connectivity index (χ0v) is 10.4. The summed E-state index contributed by atoms with van der Waals surface area (Å²) in [6.07, 6.45) is 6.05. The van der Waals surface area contributed by atoms with Gasteiger partial charge < -0.3 is 10.3 Å². The van der Waals surface area contributed by atoms with E-state index in [1.807, 2.05) is 24.1 Å². The predicted molar refractivity (Wildman–Crippen MR) is 72.1 cm³/mol. The first-order valence-corrected chi connectivity index (χ1v) is 6.02. The molecule has 0 bridgehead atoms. The fourth-order valence-corrected chi connectivity index (χ4v) is 2.35. The van der Waals surface area contributed by atoms with Crippen molar-refractivity contribution in [3.05, 3.63) is 54.0 Å². The second-order valence-electron chi connectivity index (χ2n) is 4.52. The van der Waals surface area contributed by atoms with Crippen LogP contribution in [0.1, 0.15) is 11.1 Å². The van der Waals surface area contributed by atoms with E-state index in [0.29, 0.717) is 6.54 Å². The number of aromatic nitrogens is 3. The molecule has 3 aromatic rings. The van der Waals surface area contributed by atoms with Gasteiger partial charge in [0.15, 0.2) is 0 Å². The van der Waals surface area contributed by atoms with E-state index in [4.69, 9.17) is 5.73 Å². The molecule has 0 radical (unpaired) electrons. The first-order valence-electron chi connectivity index (χ1n) is 6.02. The molecule has 0 saturated carbocycles. The molecule has 4 nitrogen and oxygen atoms in total. The van der Waals surface area contributed by atoms with Gasteiger partial charge in [0.05, 0.1) is 12.7 Å². The maximum Gasteiger partial charge on any atom is 0.0539 e. The van der Waals surface area contributed by atoms with Crippen LogP contribution in [-0.2, 0) is 20.1 Å². The highest BCUT2D eigenvalue weighted by atomic mass is 15.2. The molecule has 92 valence electrons. The molecule has 0 atom stereocenters. The van der Waals surface area contributed by atoms with Gasteiger partial charge in [0.2, 0.25) is 0 Å². The third-order valence-electron chi connectivity index (χ3n) is 3.24. The Morgan fingerprint density at radius 2 is 2.17 bits per heavy atom. The minimum absolute atomic E-state index is 0.578. The number of fused-ring (bicyclic) bond motifs is 1. The molecule has 0 aliphatic heterocycles. The lowest BCUT2D eigenvalue weighted by Crippen LogP contribution is -1.99. The number of hydrogen-bond donors (Lipinski definition) is 1. The monoisotopic (exact) mass is 240 g/mol. The van der Waals surface area contributed by atoms with Crippen molar-refractivity contribution in [3.8, 4) is 0 Å². The summed E-state index contributed by atoms with van der Waals surface area (Å²) in [6, 6.07) is 8.40. The average molecular weight is 240 g/mol. The number of rotatable bonds is 3. The van der Waals surface area contributed by atoms with Gasteiger partial charge in [-0.2, -0.15) is 5.10 Å². The van der Waals surface area contributed by atoms with E-state index in [-0.39, 0.29) is 0 Å². The first kappa shape index (κ1) is 11.0. The van der Waals surface area contributed by atoms with Crippen LogP contribution in [0.3, 0.4) is 0 Å². The van der Waals surface area contributed by atoms with E-state index >= 15 is 0 Å². The van der Waals surface area contributed by atoms with Gasteiger partial charge in [-0.3, -0.25) is 4.68 Å². The summed E-state index contributed by atoms with van der Waals surface area (Å²) in [5.74, 6) is 0. The maximum absolute atomic E-state index is 5.76. The third-order valence-corrected chi connectivity index (χ3v) is 3.24. The van der Waals surface area contributed by atoms with Crippen molar-refractivity contribution in [1.29, 1.82) is 0 Å². The summed E-state index contributed by atoms with van der Waals surface area (Å²) in [6.45, 7) is 1.42. The highest BCUT2D eigenvalue weighted by molar-refractivity contribution is 5.83. The van der Waals surface area contributed by atoms with Crippen molar-refractivity contribution in [2.24, 2.45) is 12.8 Å². The smallest absolute Gasteiger partial charge is 0.0539 e. The Morgan fingerprint density at radius 1 is 1.28 bits per heavy atom. The molecule has 0 aliphatic carbocycles. The van der Waals surface area contributed by atoms with Crippen LogP contribution in [0.5, 0.6) is 0 Å². The first-order chi connectivity index (χ1) is 8.78. The standard InChI is InChI=1S/C14H16N4/c1-17-9-11(8-16-17)10-18-6-5-13-12(7-15)3-2-4-14(13)18/h2-6,8-9H,7,10,15H2,1H3. The Hall–Kier alpha value is -2.07. The molecule has 0 unspecified atom stereocenters. The number of nitrogens with two attached hydrogens (primary N) is 1. The minimum Gasteiger partial charge on any atom is -0.343 e. The molecular formula is C14H16N4. The van der Waals surface area contributed by atoms with Crippen LogP contribution in [-0.4, -0.2) is 14.3 Å². The van der Waals surface area contributed by atoms with Crippen molar-refractivity contribution >= 4 is 10.9 Å². The predicted octanol–water partition coefficient (Wildman–Crippen LogP) is 1.88. The Bertz CT molecular complexity index is 678. The van der Waals surface area contributed by atoms with Crippen molar-refractivity contribution in [1.82, 2.24) is 14.3 Å². The van der Waals surface area contributed by atoms with Crippen LogP contribution < -0.4 is 5.73 Å². The van der Waals surface area contributed by atoms with E-state index in [1.165, 1.54) is 22.0 Å². The van der Waals surface area contributed by atoms with Crippen molar-refractivity contribution in [2.75, 3.05) is 0 Å². The lowest BCUT2D eigenvalue weighted by atomic mass is 10.1. The quantitative estimate of drug-likeness (QED) is 0.760. The summed E-state index contributed by atoms with van der Waals surface area (Å²) >= 11 is 0. The van der Waals surface area contributed by atoms with Gasteiger partial charge in [-0.15, -0.1) is 0 Å². The average Bonchev–Trinajstić information content (AvgIpc) is 2.97. The van der Waals surface area contributed by atoms with Crippen molar-refractivity contribution < 1.29 is 0 Å². The molecule has 2 aromatic heterocycles. The van der Waals surface area contributed by atoms with Crippen LogP contribution in [0.4, 0.5) is 0 Å². The number of aryl methyl sites for hydroxylation is 1. The Labute approximate surface area is 106 Å². The zero-order chi connectivity index (χ0) is 12.5. The van der Waals surface area contributed by atoms with E-state index < -0.39 is 0 Å². The minimum atomic E-state index is 0.578. The molecule has 0 fully saturated rings. The summed E-state index contributed by atoms with van der Waals surface area (Å²) in [4.78, 5) is 0. The van der Waals surface area contributed by atoms with Gasteiger partial charge in [0, 0.05) is 42.5 Å². The van der Waals surface area contributed by atoms with E-state index in [2.05, 4.69) is 40.1 Å². The van der Waals surface area contributed by atoms with Crippen molar-refractivity contribution in [3.63, 3.8) is 0 Å². The second-order valence-corrected chi connectivity index (χ2v) is 4.52. The van der Waals surface area contributed by atoms with Gasteiger partial charge in [0.25, 0.3) is 0 Å². The summed E-state index contributed by atoms with van der Waals surface area (Å²) in [5.41, 5.74) is 9.38. The van der Waals surface area contributed by atoms with Gasteiger partial charge in [-0.05, 0) is 17.7 Å². The molecular weight excluding hydrogens is 224 g/mol. The Balaban J connectivity index is 2.02. The topological polar surface area (TPSA) is 48.8 Å². The summed E-state index contributed by atoms with van der Waals surface area (Å²) in [7, 11) is 1.93. The fourth-order valence-electron chi connectivity index (χ4n) is 2.35. The SMILES string of the molecule is Cn1cc(Cn2ccc3c(CN)cccc32)cn1. The molecule has 0 spiro atoms. The molecule has 18 heavy (non-hydrogen) atoms. The molecule has 0 aliphatic rings. The van der Waals surface area contributed by atoms with Crippen LogP contribution in [0.25, 0.3) is 10.9 Å². The maximum atomic E-state index is 5.76. The Kier molecular flexibility index (Phi) is 2.64. The number of benzene rings is 1. The summed E-state index contributed by atoms with van der Waals surface area (Å²) < 4.78 is 4.05. The molecule has 3 rings (SSSR count). The molecule has 0 amide bonds. The van der Waals surface area contributed by atoms with Gasteiger partial charge in [-0.1, -0.05) is 12.1 Å². The Morgan fingerprint density at radius 3 is 2.89 bits per heavy atom. The van der Waals surface area contributed by atoms with Crippen LogP contribution >= 0.6 is 0 Å². The van der Waals surface area contributed by atoms with E-state index in [0.717, 1.165) is 6.54 Å². The van der Waals surface area contributed by atoms with E-state index in [1.54, 1.807) is 0 Å². The normalized spacial score (nSPS) is 11.2. The van der Waals surface area contributed by atoms with Gasteiger partial charge >= 0.3 is 0 Å². The van der Waals surface area contributed by atoms with Crippen LogP contribution in [0.15, 0.2) is 42.9 Å². The zero-order valence-electron chi connectivity index (χ0n) is 10.4. The number of nitrogens with zero attached hydrogens (tertiary/aromatic N) is 3. The lowest BCUT2D eigenvalue weighted by Gasteiger charge is -2.05. The number of hydrogen-bond acceptors (Lipinski definition) is 2. The van der Waals surface area contributed by atoms with Crippen LogP contribution in [0, 0.1) is 0 Å². The van der Waals surface area contributed by atoms with Gasteiger partial charge in [0.1, 0.15) is 0 Å². The fraction of sp³-hybridized carbons (Fsp3) is 0.214. The van der Waals surface area contributed by atoms with Gasteiger partial charge in [-0.25, -0.2) is 0 Å². The molecule has 0 saturated heterocycles. The molecule has 1 aromatic carbocycles. The summed E-state index contributed by atoms with van der Waals surface area (Å²) in [5, 5.41) is 5.43. The highest BCUT2D eigenvalue weighted by Crippen LogP contribution is 2.20. The van der Waals surface area contributed by atoms with E-state index in [9.17, 15) is 0 Å². The van der Waals surface area contributed by atoms with Crippen LogP contribution in [0.2, 0.25) is 0 Å². The largest absolute Gasteiger partial charge is 0.343 e.